The second kappa shape index (κ2) is 8.60. The minimum absolute atomic E-state index is 0.0316. The average molecular weight is 491 g/mol. The van der Waals surface area contributed by atoms with E-state index in [0.717, 1.165) is 11.8 Å². The van der Waals surface area contributed by atoms with Gasteiger partial charge in [0.05, 0.1) is 11.3 Å². The molecule has 12 heteroatoms. The van der Waals surface area contributed by atoms with Gasteiger partial charge in [-0.1, -0.05) is 18.2 Å². The number of hydrogen-bond acceptors (Lipinski definition) is 7. The first kappa shape index (κ1) is 23.5. The molecular formula is C22H20F3N5O3S. The van der Waals surface area contributed by atoms with Gasteiger partial charge in [-0.05, 0) is 35.4 Å². The number of nitrogens with one attached hydrogen (secondary N) is 2. The van der Waals surface area contributed by atoms with Crippen LogP contribution in [0.1, 0.15) is 16.7 Å². The van der Waals surface area contributed by atoms with E-state index in [9.17, 15) is 26.4 Å². The number of carbonyl (C=O) groups is 1. The normalized spacial score (nSPS) is 13.4. The third-order valence-electron chi connectivity index (χ3n) is 5.20. The largest absolute Gasteiger partial charge is 0.421 e. The maximum Gasteiger partial charge on any atom is 0.421 e. The van der Waals surface area contributed by atoms with Gasteiger partial charge >= 0.3 is 6.18 Å². The summed E-state index contributed by atoms with van der Waals surface area (Å²) in [6, 6.07) is 11.1. The number of amides is 1. The number of hydrogen-bond donors (Lipinski definition) is 2. The molecule has 4 rings (SSSR count). The standard InChI is InChI=1S/C22H20F3N5O3S/c1-30(12-13-5-3-4-6-18(13)34(2,32)33)20-16(22(23,24)25)11-26-21(29-20)27-15-7-8-17-14(9-15)10-19(31)28-17/h3-9,11H,10,12H2,1-2H3,(H,28,31)(H,26,27,29). The van der Waals surface area contributed by atoms with Gasteiger partial charge in [-0.2, -0.15) is 18.2 Å². The molecule has 1 amide bonds. The van der Waals surface area contributed by atoms with Crippen LogP contribution in [-0.4, -0.2) is 37.6 Å². The van der Waals surface area contributed by atoms with Gasteiger partial charge in [-0.15, -0.1) is 0 Å². The maximum atomic E-state index is 13.7. The van der Waals surface area contributed by atoms with Crippen LogP contribution in [0.3, 0.4) is 0 Å². The number of benzene rings is 2. The number of rotatable bonds is 6. The van der Waals surface area contributed by atoms with Crippen LogP contribution < -0.4 is 15.5 Å². The van der Waals surface area contributed by atoms with E-state index in [1.165, 1.54) is 18.0 Å². The molecule has 2 N–H and O–H groups in total. The highest BCUT2D eigenvalue weighted by Crippen LogP contribution is 2.36. The third kappa shape index (κ3) is 4.96. The molecule has 0 radical (unpaired) electrons. The Morgan fingerprint density at radius 3 is 2.62 bits per heavy atom. The maximum absolute atomic E-state index is 13.7. The minimum atomic E-state index is -4.72. The molecule has 34 heavy (non-hydrogen) atoms. The van der Waals surface area contributed by atoms with Crippen molar-refractivity contribution in [3.63, 3.8) is 0 Å². The third-order valence-corrected chi connectivity index (χ3v) is 6.40. The molecule has 1 aliphatic heterocycles. The number of nitrogens with zero attached hydrogens (tertiary/aromatic N) is 3. The van der Waals surface area contributed by atoms with E-state index in [2.05, 4.69) is 20.6 Å². The molecule has 0 bridgehead atoms. The van der Waals surface area contributed by atoms with Crippen molar-refractivity contribution in [2.45, 2.75) is 24.0 Å². The quantitative estimate of drug-likeness (QED) is 0.541. The molecule has 0 aliphatic carbocycles. The first-order valence-electron chi connectivity index (χ1n) is 10.0. The molecule has 0 unspecified atom stereocenters. The summed E-state index contributed by atoms with van der Waals surface area (Å²) in [7, 11) is -2.18. The predicted molar refractivity (Wildman–Crippen MR) is 121 cm³/mol. The Balaban J connectivity index is 1.67. The van der Waals surface area contributed by atoms with Crippen LogP contribution in [-0.2, 0) is 33.8 Å². The van der Waals surface area contributed by atoms with E-state index in [0.29, 0.717) is 23.1 Å². The lowest BCUT2D eigenvalue weighted by Gasteiger charge is -2.23. The van der Waals surface area contributed by atoms with Gasteiger partial charge in [0.25, 0.3) is 0 Å². The molecule has 0 atom stereocenters. The predicted octanol–water partition coefficient (Wildman–Crippen LogP) is 3.77. The number of aromatic nitrogens is 2. The van der Waals surface area contributed by atoms with E-state index in [4.69, 9.17) is 0 Å². The van der Waals surface area contributed by atoms with Crippen LogP contribution in [0.4, 0.5) is 36.3 Å². The molecule has 0 fully saturated rings. The Morgan fingerprint density at radius 1 is 1.18 bits per heavy atom. The zero-order chi connectivity index (χ0) is 24.7. The summed E-state index contributed by atoms with van der Waals surface area (Å²) in [6.07, 6.45) is -2.80. The topological polar surface area (TPSA) is 104 Å². The lowest BCUT2D eigenvalue weighted by molar-refractivity contribution is -0.137. The summed E-state index contributed by atoms with van der Waals surface area (Å²) in [5.41, 5.74) is 1.21. The number of sulfone groups is 1. The van der Waals surface area contributed by atoms with Gasteiger partial charge < -0.3 is 15.5 Å². The molecule has 2 heterocycles. The molecule has 0 saturated heterocycles. The lowest BCUT2D eigenvalue weighted by atomic mass is 10.1. The average Bonchev–Trinajstić information content (AvgIpc) is 3.12. The highest BCUT2D eigenvalue weighted by molar-refractivity contribution is 7.90. The van der Waals surface area contributed by atoms with Crippen LogP contribution in [0.5, 0.6) is 0 Å². The highest BCUT2D eigenvalue weighted by Gasteiger charge is 2.36. The van der Waals surface area contributed by atoms with E-state index >= 15 is 0 Å². The fourth-order valence-corrected chi connectivity index (χ4v) is 4.62. The van der Waals surface area contributed by atoms with Gasteiger partial charge in [0.2, 0.25) is 11.9 Å². The zero-order valence-electron chi connectivity index (χ0n) is 18.1. The van der Waals surface area contributed by atoms with Crippen LogP contribution in [0.2, 0.25) is 0 Å². The number of carbonyl (C=O) groups excluding carboxylic acids is 1. The van der Waals surface area contributed by atoms with Crippen molar-refractivity contribution in [2.75, 3.05) is 28.8 Å². The second-order valence-electron chi connectivity index (χ2n) is 7.89. The second-order valence-corrected chi connectivity index (χ2v) is 9.87. The fourth-order valence-electron chi connectivity index (χ4n) is 3.69. The molecule has 3 aromatic rings. The summed E-state index contributed by atoms with van der Waals surface area (Å²) < 4.78 is 65.3. The molecule has 178 valence electrons. The Kier molecular flexibility index (Phi) is 5.94. The van der Waals surface area contributed by atoms with Crippen molar-refractivity contribution >= 4 is 38.9 Å². The van der Waals surface area contributed by atoms with E-state index in [1.54, 1.807) is 36.4 Å². The Morgan fingerprint density at radius 2 is 1.91 bits per heavy atom. The first-order chi connectivity index (χ1) is 15.9. The molecule has 8 nitrogen and oxygen atoms in total. The summed E-state index contributed by atoms with van der Waals surface area (Å²) >= 11 is 0. The van der Waals surface area contributed by atoms with Crippen molar-refractivity contribution in [3.8, 4) is 0 Å². The van der Waals surface area contributed by atoms with Gasteiger partial charge in [-0.3, -0.25) is 4.79 Å². The summed E-state index contributed by atoms with van der Waals surface area (Å²) in [5, 5.41) is 5.57. The van der Waals surface area contributed by atoms with E-state index in [1.807, 2.05) is 0 Å². The first-order valence-corrected chi connectivity index (χ1v) is 11.9. The van der Waals surface area contributed by atoms with Crippen LogP contribution >= 0.6 is 0 Å². The Labute approximate surface area is 193 Å². The fraction of sp³-hybridized carbons (Fsp3) is 0.227. The van der Waals surface area contributed by atoms with Gasteiger partial charge in [0.1, 0.15) is 11.4 Å². The van der Waals surface area contributed by atoms with Crippen molar-refractivity contribution < 1.29 is 26.4 Å². The summed E-state index contributed by atoms with van der Waals surface area (Å²) in [6.45, 7) is -0.130. The summed E-state index contributed by atoms with van der Waals surface area (Å²) in [5.74, 6) is -0.633. The van der Waals surface area contributed by atoms with Crippen molar-refractivity contribution in [1.82, 2.24) is 9.97 Å². The number of anilines is 4. The van der Waals surface area contributed by atoms with Crippen LogP contribution in [0.25, 0.3) is 0 Å². The Bertz CT molecular complexity index is 1380. The Hall–Kier alpha value is -3.67. The number of halogens is 3. The van der Waals surface area contributed by atoms with Crippen molar-refractivity contribution in [3.05, 3.63) is 65.4 Å². The SMILES string of the molecule is CN(Cc1ccccc1S(C)(=O)=O)c1nc(Nc2ccc3c(c2)CC(=O)N3)ncc1C(F)(F)F. The van der Waals surface area contributed by atoms with Gasteiger partial charge in [-0.25, -0.2) is 13.4 Å². The minimum Gasteiger partial charge on any atom is -0.355 e. The molecular weight excluding hydrogens is 471 g/mol. The molecule has 2 aromatic carbocycles. The highest BCUT2D eigenvalue weighted by atomic mass is 32.2. The van der Waals surface area contributed by atoms with Gasteiger partial charge in [0.15, 0.2) is 9.84 Å². The number of alkyl halides is 3. The number of fused-ring (bicyclic) bond motifs is 1. The van der Waals surface area contributed by atoms with Crippen LogP contribution in [0, 0.1) is 0 Å². The van der Waals surface area contributed by atoms with Gasteiger partial charge in [0, 0.05) is 37.4 Å². The zero-order valence-corrected chi connectivity index (χ0v) is 19.0. The van der Waals surface area contributed by atoms with Crippen LogP contribution in [0.15, 0.2) is 53.6 Å². The van der Waals surface area contributed by atoms with E-state index in [-0.39, 0.29) is 29.7 Å². The van der Waals surface area contributed by atoms with E-state index < -0.39 is 27.4 Å². The summed E-state index contributed by atoms with van der Waals surface area (Å²) in [4.78, 5) is 20.7. The molecule has 1 aromatic heterocycles. The van der Waals surface area contributed by atoms with Crippen molar-refractivity contribution in [1.29, 1.82) is 0 Å². The molecule has 0 spiro atoms. The molecule has 0 saturated carbocycles. The monoisotopic (exact) mass is 491 g/mol. The molecule has 1 aliphatic rings. The smallest absolute Gasteiger partial charge is 0.355 e. The lowest BCUT2D eigenvalue weighted by Crippen LogP contribution is -2.24. The van der Waals surface area contributed by atoms with Crippen molar-refractivity contribution in [2.24, 2.45) is 0 Å².